The molecular weight excluding hydrogens is 178 g/mol. The van der Waals surface area contributed by atoms with Gasteiger partial charge in [-0.3, -0.25) is 10.1 Å². The van der Waals surface area contributed by atoms with Crippen LogP contribution in [-0.2, 0) is 6.54 Å². The second kappa shape index (κ2) is 3.89. The van der Waals surface area contributed by atoms with Crippen molar-refractivity contribution in [2.45, 2.75) is 6.54 Å². The Kier molecular flexibility index (Phi) is 2.42. The first-order valence-corrected chi connectivity index (χ1v) is 4.30. The van der Waals surface area contributed by atoms with Gasteiger partial charge in [-0.15, -0.1) is 0 Å². The fourth-order valence-corrected chi connectivity index (χ4v) is 1.15. The van der Waals surface area contributed by atoms with E-state index in [1.165, 1.54) is 0 Å². The number of aromatic nitrogens is 3. The minimum atomic E-state index is 0.443. The summed E-state index contributed by atoms with van der Waals surface area (Å²) >= 11 is 0. The predicted molar refractivity (Wildman–Crippen MR) is 54.0 cm³/mol. The van der Waals surface area contributed by atoms with Gasteiger partial charge in [0.05, 0.1) is 11.9 Å². The largest absolute Gasteiger partial charge is 0.341 e. The highest BCUT2D eigenvalue weighted by atomic mass is 15.2. The molecule has 0 unspecified atom stereocenters. The van der Waals surface area contributed by atoms with E-state index in [0.29, 0.717) is 6.54 Å². The van der Waals surface area contributed by atoms with Crippen molar-refractivity contribution in [3.63, 3.8) is 0 Å². The minimum absolute atomic E-state index is 0.443. The summed E-state index contributed by atoms with van der Waals surface area (Å²) in [7, 11) is 0. The van der Waals surface area contributed by atoms with Crippen LogP contribution in [0.1, 0.15) is 5.69 Å². The summed E-state index contributed by atoms with van der Waals surface area (Å²) in [6, 6.07) is 5.63. The fourth-order valence-electron chi connectivity index (χ4n) is 1.15. The monoisotopic (exact) mass is 189 g/mol. The van der Waals surface area contributed by atoms with Gasteiger partial charge < -0.3 is 11.1 Å². The average Bonchev–Trinajstić information content (AvgIpc) is 2.71. The third kappa shape index (κ3) is 1.89. The van der Waals surface area contributed by atoms with E-state index in [1.807, 2.05) is 18.2 Å². The Balaban J connectivity index is 2.17. The molecule has 0 atom stereocenters. The number of H-pyrrole nitrogens is 1. The molecule has 2 aromatic rings. The van der Waals surface area contributed by atoms with E-state index in [0.717, 1.165) is 17.2 Å². The molecule has 0 aliphatic carbocycles. The zero-order valence-corrected chi connectivity index (χ0v) is 7.57. The molecule has 14 heavy (non-hydrogen) atoms. The Morgan fingerprint density at radius 2 is 2.29 bits per heavy atom. The predicted octanol–water partition coefficient (Wildman–Crippen LogP) is 1.01. The normalized spacial score (nSPS) is 10.1. The van der Waals surface area contributed by atoms with Crippen LogP contribution in [0.2, 0.25) is 0 Å². The summed E-state index contributed by atoms with van der Waals surface area (Å²) in [6.07, 6.45) is 3.41. The van der Waals surface area contributed by atoms with Crippen LogP contribution in [0.4, 0.5) is 11.5 Å². The molecule has 4 N–H and O–H groups in total. The number of pyridine rings is 1. The van der Waals surface area contributed by atoms with Crippen molar-refractivity contribution in [3.8, 4) is 0 Å². The molecular formula is C9H11N5. The topological polar surface area (TPSA) is 79.6 Å². The summed E-state index contributed by atoms with van der Waals surface area (Å²) in [5, 5.41) is 9.79. The van der Waals surface area contributed by atoms with Gasteiger partial charge in [-0.25, -0.2) is 0 Å². The van der Waals surface area contributed by atoms with E-state index < -0.39 is 0 Å². The van der Waals surface area contributed by atoms with Crippen molar-refractivity contribution >= 4 is 11.5 Å². The van der Waals surface area contributed by atoms with Gasteiger partial charge in [0.1, 0.15) is 5.82 Å². The van der Waals surface area contributed by atoms with Crippen molar-refractivity contribution in [2.24, 2.45) is 5.73 Å². The maximum absolute atomic E-state index is 5.48. The highest BCUT2D eigenvalue weighted by Crippen LogP contribution is 2.13. The van der Waals surface area contributed by atoms with E-state index in [4.69, 9.17) is 5.73 Å². The lowest BCUT2D eigenvalue weighted by Gasteiger charge is -2.03. The molecule has 0 saturated carbocycles. The molecule has 72 valence electrons. The Bertz CT molecular complexity index is 395. The smallest absolute Gasteiger partial charge is 0.125 e. The first kappa shape index (κ1) is 8.71. The number of hydrogen-bond donors (Lipinski definition) is 3. The second-order valence-corrected chi connectivity index (χ2v) is 2.84. The Morgan fingerprint density at radius 1 is 1.36 bits per heavy atom. The molecule has 0 fully saturated rings. The van der Waals surface area contributed by atoms with Crippen LogP contribution in [0.3, 0.4) is 0 Å². The molecule has 0 aliphatic rings. The van der Waals surface area contributed by atoms with E-state index in [2.05, 4.69) is 20.5 Å². The standard InChI is InChI=1S/C9H11N5/c10-6-8-5-7(1-3-11-8)13-9-2-4-12-14-9/h1-5H,6,10H2,(H2,11,12,13,14). The fraction of sp³-hybridized carbons (Fsp3) is 0.111. The lowest BCUT2D eigenvalue weighted by molar-refractivity contribution is 0.991. The third-order valence-corrected chi connectivity index (χ3v) is 1.81. The minimum Gasteiger partial charge on any atom is -0.341 e. The van der Waals surface area contributed by atoms with Gasteiger partial charge in [0.2, 0.25) is 0 Å². The Labute approximate surface area is 81.4 Å². The summed E-state index contributed by atoms with van der Waals surface area (Å²) in [5.41, 5.74) is 7.29. The van der Waals surface area contributed by atoms with Crippen molar-refractivity contribution < 1.29 is 0 Å². The molecule has 2 rings (SSSR count). The Hall–Kier alpha value is -1.88. The van der Waals surface area contributed by atoms with Crippen LogP contribution in [0.25, 0.3) is 0 Å². The van der Waals surface area contributed by atoms with Crippen molar-refractivity contribution in [2.75, 3.05) is 5.32 Å². The average molecular weight is 189 g/mol. The highest BCUT2D eigenvalue weighted by Gasteiger charge is 1.96. The zero-order chi connectivity index (χ0) is 9.80. The Morgan fingerprint density at radius 3 is 3.00 bits per heavy atom. The van der Waals surface area contributed by atoms with E-state index in [-0.39, 0.29) is 0 Å². The summed E-state index contributed by atoms with van der Waals surface area (Å²) in [6.45, 7) is 0.443. The molecule has 0 aliphatic heterocycles. The number of rotatable bonds is 3. The molecule has 2 heterocycles. The summed E-state index contributed by atoms with van der Waals surface area (Å²) in [4.78, 5) is 4.10. The number of nitrogens with zero attached hydrogens (tertiary/aromatic N) is 2. The lowest BCUT2D eigenvalue weighted by Crippen LogP contribution is -2.00. The van der Waals surface area contributed by atoms with Crippen LogP contribution >= 0.6 is 0 Å². The van der Waals surface area contributed by atoms with Crippen LogP contribution in [0.5, 0.6) is 0 Å². The number of aromatic amines is 1. The van der Waals surface area contributed by atoms with Gasteiger partial charge in [-0.05, 0) is 12.1 Å². The van der Waals surface area contributed by atoms with E-state index >= 15 is 0 Å². The van der Waals surface area contributed by atoms with Gasteiger partial charge in [0, 0.05) is 24.5 Å². The first-order valence-electron chi connectivity index (χ1n) is 4.30. The van der Waals surface area contributed by atoms with Crippen molar-refractivity contribution in [3.05, 3.63) is 36.3 Å². The number of anilines is 2. The quantitative estimate of drug-likeness (QED) is 0.673. The van der Waals surface area contributed by atoms with Gasteiger partial charge in [-0.2, -0.15) is 5.10 Å². The van der Waals surface area contributed by atoms with Gasteiger partial charge in [0.15, 0.2) is 0 Å². The van der Waals surface area contributed by atoms with Gasteiger partial charge in [0.25, 0.3) is 0 Å². The molecule has 0 amide bonds. The van der Waals surface area contributed by atoms with Crippen LogP contribution in [0, 0.1) is 0 Å². The van der Waals surface area contributed by atoms with Gasteiger partial charge >= 0.3 is 0 Å². The molecule has 5 heteroatoms. The SMILES string of the molecule is NCc1cc(Nc2ccn[nH]2)ccn1. The summed E-state index contributed by atoms with van der Waals surface area (Å²) in [5.74, 6) is 0.846. The highest BCUT2D eigenvalue weighted by molar-refractivity contribution is 5.55. The molecule has 0 bridgehead atoms. The summed E-state index contributed by atoms with van der Waals surface area (Å²) < 4.78 is 0. The number of hydrogen-bond acceptors (Lipinski definition) is 4. The number of nitrogens with one attached hydrogen (secondary N) is 2. The molecule has 0 radical (unpaired) electrons. The van der Waals surface area contributed by atoms with Crippen LogP contribution in [0.15, 0.2) is 30.6 Å². The molecule has 0 aromatic carbocycles. The third-order valence-electron chi connectivity index (χ3n) is 1.81. The number of nitrogens with two attached hydrogens (primary N) is 1. The van der Waals surface area contributed by atoms with Crippen molar-refractivity contribution in [1.82, 2.24) is 15.2 Å². The molecule has 0 spiro atoms. The van der Waals surface area contributed by atoms with E-state index in [9.17, 15) is 0 Å². The van der Waals surface area contributed by atoms with Crippen LogP contribution < -0.4 is 11.1 Å². The second-order valence-electron chi connectivity index (χ2n) is 2.84. The zero-order valence-electron chi connectivity index (χ0n) is 7.57. The van der Waals surface area contributed by atoms with E-state index in [1.54, 1.807) is 12.4 Å². The maximum Gasteiger partial charge on any atom is 0.125 e. The molecule has 2 aromatic heterocycles. The molecule has 0 saturated heterocycles. The first-order chi connectivity index (χ1) is 6.88. The van der Waals surface area contributed by atoms with Crippen molar-refractivity contribution in [1.29, 1.82) is 0 Å². The lowest BCUT2D eigenvalue weighted by atomic mass is 10.3. The van der Waals surface area contributed by atoms with Gasteiger partial charge in [-0.1, -0.05) is 0 Å². The maximum atomic E-state index is 5.48. The molecule has 5 nitrogen and oxygen atoms in total. The van der Waals surface area contributed by atoms with Crippen LogP contribution in [-0.4, -0.2) is 15.2 Å².